The quantitative estimate of drug-likeness (QED) is 0.266. The van der Waals surface area contributed by atoms with Crippen molar-refractivity contribution in [2.75, 3.05) is 13.7 Å². The Bertz CT molecular complexity index is 792. The fourth-order valence-electron chi connectivity index (χ4n) is 2.83. The zero-order valence-corrected chi connectivity index (χ0v) is 19.6. The van der Waals surface area contributed by atoms with Crippen molar-refractivity contribution >= 4 is 29.9 Å². The van der Waals surface area contributed by atoms with Gasteiger partial charge in [-0.25, -0.2) is 0 Å². The van der Waals surface area contributed by atoms with Crippen molar-refractivity contribution in [1.82, 2.24) is 15.8 Å². The molecule has 0 spiro atoms. The lowest BCUT2D eigenvalue weighted by atomic mass is 9.99. The lowest BCUT2D eigenvalue weighted by Gasteiger charge is -2.15. The Morgan fingerprint density at radius 2 is 1.83 bits per heavy atom. The van der Waals surface area contributed by atoms with Crippen LogP contribution >= 0.6 is 24.0 Å². The van der Waals surface area contributed by atoms with Crippen LogP contribution in [-0.4, -0.2) is 30.9 Å². The molecule has 0 saturated carbocycles. The van der Waals surface area contributed by atoms with Crippen LogP contribution in [-0.2, 0) is 13.1 Å². The van der Waals surface area contributed by atoms with E-state index >= 15 is 0 Å². The summed E-state index contributed by atoms with van der Waals surface area (Å²) in [5.41, 5.74) is 1.53. The summed E-state index contributed by atoms with van der Waals surface area (Å²) in [6, 6.07) is 8.50. The number of aromatic nitrogens is 1. The van der Waals surface area contributed by atoms with Gasteiger partial charge in [0, 0.05) is 31.1 Å². The van der Waals surface area contributed by atoms with Crippen molar-refractivity contribution in [3.05, 3.63) is 47.3 Å². The molecule has 10 heteroatoms. The highest BCUT2D eigenvalue weighted by Gasteiger charge is 2.28. The number of nitrogens with one attached hydrogen (secondary N) is 2. The summed E-state index contributed by atoms with van der Waals surface area (Å²) in [5.74, 6) is 1.72. The minimum Gasteiger partial charge on any atom is -0.484 e. The van der Waals surface area contributed by atoms with Crippen LogP contribution in [0.1, 0.15) is 49.6 Å². The number of alkyl halides is 3. The number of para-hydroxylation sites is 1. The van der Waals surface area contributed by atoms with Crippen molar-refractivity contribution in [2.24, 2.45) is 4.99 Å². The van der Waals surface area contributed by atoms with E-state index in [-0.39, 0.29) is 36.3 Å². The van der Waals surface area contributed by atoms with Crippen molar-refractivity contribution in [3.8, 4) is 5.75 Å². The molecule has 0 aliphatic rings. The van der Waals surface area contributed by atoms with E-state index in [2.05, 4.69) is 34.6 Å². The van der Waals surface area contributed by atoms with Crippen molar-refractivity contribution < 1.29 is 22.4 Å². The van der Waals surface area contributed by atoms with E-state index in [1.165, 1.54) is 6.07 Å². The molecule has 2 aromatic rings. The third-order valence-electron chi connectivity index (χ3n) is 4.44. The molecule has 0 fully saturated rings. The topological polar surface area (TPSA) is 71.7 Å². The summed E-state index contributed by atoms with van der Waals surface area (Å²) < 4.78 is 47.5. The van der Waals surface area contributed by atoms with E-state index in [0.717, 1.165) is 18.5 Å². The smallest absolute Gasteiger partial charge is 0.422 e. The van der Waals surface area contributed by atoms with Crippen LogP contribution in [0.3, 0.4) is 0 Å². The van der Waals surface area contributed by atoms with Gasteiger partial charge in [0.2, 0.25) is 0 Å². The first-order valence-corrected chi connectivity index (χ1v) is 9.53. The van der Waals surface area contributed by atoms with Gasteiger partial charge < -0.3 is 19.9 Å². The Balaban J connectivity index is 0.00000450. The maximum Gasteiger partial charge on any atom is 0.422 e. The first kappa shape index (κ1) is 26.1. The monoisotopic (exact) mass is 540 g/mol. The normalized spacial score (nSPS) is 11.9. The number of hydrogen-bond donors (Lipinski definition) is 2. The molecular formula is C20H28F3IN4O2. The summed E-state index contributed by atoms with van der Waals surface area (Å²) in [7, 11) is 1.61. The van der Waals surface area contributed by atoms with Crippen LogP contribution in [0.15, 0.2) is 39.8 Å². The zero-order chi connectivity index (χ0) is 21.3. The molecule has 168 valence electrons. The second-order valence-electron chi connectivity index (χ2n) is 6.52. The molecule has 6 nitrogen and oxygen atoms in total. The average molecular weight is 540 g/mol. The lowest BCUT2D eigenvalue weighted by molar-refractivity contribution is -0.153. The second-order valence-corrected chi connectivity index (χ2v) is 6.52. The van der Waals surface area contributed by atoms with E-state index in [0.29, 0.717) is 29.7 Å². The summed E-state index contributed by atoms with van der Waals surface area (Å²) in [5, 5.41) is 10.3. The first-order chi connectivity index (χ1) is 13.9. The molecule has 2 N–H and O–H groups in total. The van der Waals surface area contributed by atoms with E-state index in [1.807, 2.05) is 6.07 Å². The average Bonchev–Trinajstić information content (AvgIpc) is 3.16. The molecule has 1 heterocycles. The zero-order valence-electron chi connectivity index (χ0n) is 17.3. The maximum atomic E-state index is 12.4. The van der Waals surface area contributed by atoms with Crippen LogP contribution in [0.25, 0.3) is 0 Å². The number of nitrogens with zero attached hydrogens (tertiary/aromatic N) is 2. The molecule has 0 unspecified atom stereocenters. The van der Waals surface area contributed by atoms with Crippen LogP contribution in [0, 0.1) is 0 Å². The Morgan fingerprint density at radius 1 is 1.17 bits per heavy atom. The molecule has 2 rings (SSSR count). The van der Waals surface area contributed by atoms with Crippen LogP contribution in [0.5, 0.6) is 5.75 Å². The molecule has 30 heavy (non-hydrogen) atoms. The molecule has 1 aromatic carbocycles. The summed E-state index contributed by atoms with van der Waals surface area (Å²) in [6.07, 6.45) is -2.40. The number of ether oxygens (including phenoxy) is 1. The largest absolute Gasteiger partial charge is 0.484 e. The lowest BCUT2D eigenvalue weighted by Crippen LogP contribution is -2.36. The highest BCUT2D eigenvalue weighted by Crippen LogP contribution is 2.23. The van der Waals surface area contributed by atoms with Crippen LogP contribution in [0.2, 0.25) is 0 Å². The van der Waals surface area contributed by atoms with Gasteiger partial charge in [-0.1, -0.05) is 37.2 Å². The number of rotatable bonds is 9. The standard InChI is InChI=1S/C20H27F3N4O2.HI/c1-4-14(5-2)17-10-16(29-27-17)12-26-19(24-3)25-11-15-8-6-7-9-18(15)28-13-20(21,22)23;/h6-10,14H,4-5,11-13H2,1-3H3,(H2,24,25,26);1H. The molecule has 0 radical (unpaired) electrons. The van der Waals surface area contributed by atoms with E-state index in [4.69, 9.17) is 9.26 Å². The minimum absolute atomic E-state index is 0. The molecule has 0 aliphatic heterocycles. The predicted octanol–water partition coefficient (Wildman–Crippen LogP) is 5.00. The Hall–Kier alpha value is -1.98. The first-order valence-electron chi connectivity index (χ1n) is 9.53. The van der Waals surface area contributed by atoms with Gasteiger partial charge in [0.15, 0.2) is 18.3 Å². The third-order valence-corrected chi connectivity index (χ3v) is 4.44. The van der Waals surface area contributed by atoms with Gasteiger partial charge in [-0.3, -0.25) is 4.99 Å². The fourth-order valence-corrected chi connectivity index (χ4v) is 2.83. The van der Waals surface area contributed by atoms with Gasteiger partial charge in [-0.15, -0.1) is 24.0 Å². The number of halogens is 4. The van der Waals surface area contributed by atoms with Crippen LogP contribution in [0.4, 0.5) is 13.2 Å². The number of guanidine groups is 1. The highest BCUT2D eigenvalue weighted by molar-refractivity contribution is 14.0. The number of aliphatic imine (C=N–C) groups is 1. The molecule has 0 saturated heterocycles. The summed E-state index contributed by atoms with van der Waals surface area (Å²) >= 11 is 0. The molecule has 0 atom stereocenters. The van der Waals surface area contributed by atoms with Gasteiger partial charge in [0.25, 0.3) is 0 Å². The second kappa shape index (κ2) is 12.7. The maximum absolute atomic E-state index is 12.4. The Kier molecular flexibility index (Phi) is 11.0. The minimum atomic E-state index is -4.39. The molecule has 0 bridgehead atoms. The SMILES string of the molecule is CCC(CC)c1cc(CNC(=NC)NCc2ccccc2OCC(F)(F)F)on1.I. The summed E-state index contributed by atoms with van der Waals surface area (Å²) in [6.45, 7) is 3.54. The predicted molar refractivity (Wildman–Crippen MR) is 120 cm³/mol. The molecule has 0 aliphatic carbocycles. The third kappa shape index (κ3) is 8.41. The Morgan fingerprint density at radius 3 is 2.47 bits per heavy atom. The highest BCUT2D eigenvalue weighted by atomic mass is 127. The number of hydrogen-bond acceptors (Lipinski definition) is 4. The van der Waals surface area contributed by atoms with Gasteiger partial charge in [-0.2, -0.15) is 13.2 Å². The molecule has 1 aromatic heterocycles. The van der Waals surface area contributed by atoms with Gasteiger partial charge in [-0.05, 0) is 18.9 Å². The number of benzene rings is 1. The van der Waals surface area contributed by atoms with Gasteiger partial charge in [0.05, 0.1) is 12.2 Å². The van der Waals surface area contributed by atoms with E-state index in [1.54, 1.807) is 25.2 Å². The molecule has 0 amide bonds. The van der Waals surface area contributed by atoms with Crippen LogP contribution < -0.4 is 15.4 Å². The van der Waals surface area contributed by atoms with Crippen molar-refractivity contribution in [3.63, 3.8) is 0 Å². The fraction of sp³-hybridized carbons (Fsp3) is 0.500. The Labute approximate surface area is 191 Å². The van der Waals surface area contributed by atoms with Crippen molar-refractivity contribution in [2.45, 2.75) is 51.9 Å². The van der Waals surface area contributed by atoms with E-state index in [9.17, 15) is 13.2 Å². The van der Waals surface area contributed by atoms with Crippen molar-refractivity contribution in [1.29, 1.82) is 0 Å². The molecular weight excluding hydrogens is 512 g/mol. The van der Waals surface area contributed by atoms with E-state index < -0.39 is 12.8 Å². The van der Waals surface area contributed by atoms with Gasteiger partial charge >= 0.3 is 6.18 Å². The van der Waals surface area contributed by atoms with Gasteiger partial charge in [0.1, 0.15) is 5.75 Å². The summed E-state index contributed by atoms with van der Waals surface area (Å²) in [4.78, 5) is 4.12.